The van der Waals surface area contributed by atoms with Gasteiger partial charge >= 0.3 is 0 Å². The molecule has 5 rings (SSSR count). The SMILES string of the molecule is C.C=C=C=C=C=C=C=C=C=C=C=C=C=C.CN(C)S(=O)(=O)c1ccc(N)cc1.CN(C)S(=O)(=O)c1ccc(N=C=S)cc1.Cc1cc(C)n(C(=N)N)n1.Cc1cc(C)n(C(N)=NC(=S)Nc2ccc(S(=O)(=O)N(C)C)cc2)n1.S=C(Cl)Cl.[B]B([B])B(B([B])[B])B(B([B])[B])B([B])[B].[B]B([B])B(B([B])[B])B(B([B])[B])B([B])[B]. The maximum Gasteiger partial charge on any atom is 0.242 e. The van der Waals surface area contributed by atoms with E-state index in [1.165, 1.54) is 92.4 Å². The smallest absolute Gasteiger partial charge is 0.242 e. The maximum absolute atomic E-state index is 12.0. The van der Waals surface area contributed by atoms with E-state index in [0.717, 1.165) is 31.4 Å². The molecule has 0 atom stereocenters. The summed E-state index contributed by atoms with van der Waals surface area (Å²) in [4.78, 5) is 8.52. The summed E-state index contributed by atoms with van der Waals surface area (Å²) in [7, 11) is 86.9. The van der Waals surface area contributed by atoms with Gasteiger partial charge in [-0.1, -0.05) is 54.3 Å². The Morgan fingerprint density at radius 3 is 0.973 bits per heavy atom. The zero-order valence-corrected chi connectivity index (χ0v) is 68.0. The van der Waals surface area contributed by atoms with Crippen molar-refractivity contribution in [2.24, 2.45) is 21.5 Å². The second-order valence-electron chi connectivity index (χ2n) is 22.4. The number of nitrogens with one attached hydrogen (secondary N) is 2. The summed E-state index contributed by atoms with van der Waals surface area (Å²) in [5, 5.41) is 20.5. The lowest BCUT2D eigenvalue weighted by atomic mass is 8.47. The molecule has 0 amide bonds. The van der Waals surface area contributed by atoms with Gasteiger partial charge in [0, 0.05) is 265 Å². The average Bonchev–Trinajstić information content (AvgIpc) is 1.19. The van der Waals surface area contributed by atoms with Gasteiger partial charge in [0.25, 0.3) is 0 Å². The number of hydrogen-bond acceptors (Lipinski definition) is 14. The number of thiocarbonyl (C=S) groups is 3. The van der Waals surface area contributed by atoms with Crippen molar-refractivity contribution in [1.29, 1.82) is 5.41 Å². The first-order valence-electron chi connectivity index (χ1n) is 30.8. The van der Waals surface area contributed by atoms with Crippen molar-refractivity contribution in [2.45, 2.75) is 49.8 Å². The van der Waals surface area contributed by atoms with E-state index >= 15 is 0 Å². The highest BCUT2D eigenvalue weighted by atomic mass is 35.5. The molecule has 0 saturated carbocycles. The molecule has 0 saturated heterocycles. The third-order valence-electron chi connectivity index (χ3n) is 13.2. The van der Waals surface area contributed by atoms with Crippen molar-refractivity contribution < 1.29 is 25.3 Å². The second kappa shape index (κ2) is 57.0. The summed E-state index contributed by atoms with van der Waals surface area (Å²) < 4.78 is 76.8. The minimum Gasteiger partial charge on any atom is -0.399 e. The van der Waals surface area contributed by atoms with Gasteiger partial charge in [0.1, 0.15) is 0 Å². The number of anilines is 2. The predicted octanol–water partition coefficient (Wildman–Crippen LogP) is -1.87. The Bertz CT molecular complexity index is 4540. The number of aromatic nitrogens is 4. The lowest BCUT2D eigenvalue weighted by molar-refractivity contribution is 0.519. The molecular formula is C54H60B28Cl2N14O6S6. The fourth-order valence-electron chi connectivity index (χ4n) is 8.18. The fourth-order valence-corrected chi connectivity index (χ4v) is 11.2. The van der Waals surface area contributed by atoms with Crippen LogP contribution in [0.4, 0.5) is 17.1 Å². The van der Waals surface area contributed by atoms with Crippen molar-refractivity contribution in [3.8, 4) is 0 Å². The molecule has 0 aliphatic heterocycles. The number of nitrogen functional groups attached to an aromatic ring is 2. The molecular weight excluding hydrogens is 1510 g/mol. The Morgan fingerprint density at radius 1 is 0.500 bits per heavy atom. The third kappa shape index (κ3) is 43.7. The number of nitrogens with two attached hydrogens (primary N) is 3. The first-order chi connectivity index (χ1) is 50.4. The van der Waals surface area contributed by atoms with Gasteiger partial charge in [-0.2, -0.15) is 20.2 Å². The molecule has 0 spiro atoms. The number of isothiocyanates is 1. The van der Waals surface area contributed by atoms with Gasteiger partial charge in [-0.15, -0.1) is 0 Å². The molecule has 2 aromatic heterocycles. The highest BCUT2D eigenvalue weighted by Gasteiger charge is 2.37. The predicted molar refractivity (Wildman–Crippen MR) is 501 cm³/mol. The van der Waals surface area contributed by atoms with Gasteiger partial charge in [-0.25, -0.2) is 47.5 Å². The minimum atomic E-state index is -3.47. The summed E-state index contributed by atoms with van der Waals surface area (Å²) in [5.74, 6) is 0.112. The standard InChI is InChI=1S/C15H20N6O2S2.C14H4.C9H10N2O2S2.C8H12N2O2S.C6H10N4.CCl2S.CH4.2B14/c1-10-9-11(2)21(19-10)14(16)18-15(24)17-12-5-7-13(8-6-12)25(22,23)20(3)4;1-3-5-7-9-11-13-14-12-10-8-6-4-2;1-11(2)15(12,13)9-5-3-8(4-6-9)10-7-14;1-10(2)13(11,12)8-5-3-7(9)4-6-8;1-4-3-5(2)10(9-4)6(7)8;2-1(3)4;;2*1-9(2)13(10(3)4)14(11(5)6)12(7)8/h5-9H,1-4H3,(H3,16,17,18,24);1-2H2;3-6H,1-2H3;3-6H,9H2,1-2H3;3H,1-2H3,(H3,7,8);;1H4;;. The number of halogens is 2. The lowest BCUT2D eigenvalue weighted by Crippen LogP contribution is -2.72. The molecule has 2 heterocycles. The molecule has 56 heteroatoms. The van der Waals surface area contributed by atoms with E-state index in [-0.39, 0.29) is 42.9 Å². The van der Waals surface area contributed by atoms with E-state index in [1.807, 2.05) is 39.8 Å². The van der Waals surface area contributed by atoms with Crippen LogP contribution in [0.1, 0.15) is 30.2 Å². The van der Waals surface area contributed by atoms with E-state index in [9.17, 15) is 25.3 Å². The van der Waals surface area contributed by atoms with Crippen LogP contribution in [0.25, 0.3) is 0 Å². The van der Waals surface area contributed by atoms with Crippen molar-refractivity contribution in [3.05, 3.63) is 190 Å². The Morgan fingerprint density at radius 2 is 0.755 bits per heavy atom. The van der Waals surface area contributed by atoms with E-state index in [2.05, 4.69) is 137 Å². The molecule has 20 nitrogen and oxygen atoms in total. The average molecular weight is 1570 g/mol. The van der Waals surface area contributed by atoms with Gasteiger partial charge in [-0.3, -0.25) is 5.41 Å². The quantitative estimate of drug-likeness (QED) is 0.0122. The number of sulfonamides is 3. The normalized spacial score (nSPS) is 9.61. The molecule has 3 aromatic carbocycles. The highest BCUT2D eigenvalue weighted by Crippen LogP contribution is 2.19. The van der Waals surface area contributed by atoms with Gasteiger partial charge in [0.2, 0.25) is 47.1 Å². The van der Waals surface area contributed by atoms with Crippen molar-refractivity contribution in [2.75, 3.05) is 53.3 Å². The van der Waals surface area contributed by atoms with Crippen LogP contribution >= 0.6 is 59.9 Å². The molecule has 0 bridgehead atoms. The Kier molecular flexibility index (Phi) is 57.0. The van der Waals surface area contributed by atoms with Crippen LogP contribution in [0.2, 0.25) is 0 Å². The first kappa shape index (κ1) is 110. The summed E-state index contributed by atoms with van der Waals surface area (Å²) in [6, 6.07) is 22.2. The number of rotatable bonds is 18. The molecule has 110 heavy (non-hydrogen) atoms. The highest BCUT2D eigenvalue weighted by molar-refractivity contribution is 8.12. The van der Waals surface area contributed by atoms with E-state index in [4.69, 9.17) is 182 Å². The Hall–Kier alpha value is -6.17. The lowest BCUT2D eigenvalue weighted by Gasteiger charge is -2.34. The van der Waals surface area contributed by atoms with Crippen LogP contribution in [0.3, 0.4) is 0 Å². The Labute approximate surface area is 704 Å². The zero-order chi connectivity index (χ0) is 85.0. The van der Waals surface area contributed by atoms with E-state index in [0.29, 0.717) is 17.1 Å². The van der Waals surface area contributed by atoms with Crippen molar-refractivity contribution in [1.82, 2.24) is 32.5 Å². The first-order valence-corrected chi connectivity index (χ1v) is 37.1. The second-order valence-corrected chi connectivity index (χ2v) is 31.2. The van der Waals surface area contributed by atoms with Crippen LogP contribution in [0.15, 0.2) is 192 Å². The van der Waals surface area contributed by atoms with Gasteiger partial charge in [0.05, 0.1) is 36.9 Å². The minimum absolute atomic E-state index is 0. The molecule has 8 N–H and O–H groups in total. The Balaban J connectivity index is -0.000000600. The molecule has 0 aliphatic carbocycles. The van der Waals surface area contributed by atoms with Crippen LogP contribution in [0.5, 0.6) is 0 Å². The fraction of sp³-hybridized carbons (Fsp3) is 0.204. The van der Waals surface area contributed by atoms with Crippen LogP contribution < -0.4 is 22.5 Å². The van der Waals surface area contributed by atoms with Crippen LogP contribution in [-0.4, -0.2) is 326 Å². The maximum atomic E-state index is 12.0. The van der Waals surface area contributed by atoms with Crippen LogP contribution in [-0.2, 0) is 30.1 Å². The number of hydrogen-bond donors (Lipinski definition) is 5. The number of aliphatic imine (C=N–C) groups is 2. The van der Waals surface area contributed by atoms with E-state index in [1.54, 1.807) is 36.4 Å². The third-order valence-corrected chi connectivity index (χ3v) is 19.0. The number of benzene rings is 3. The van der Waals surface area contributed by atoms with Gasteiger partial charge in [-0.05, 0) is 208 Å². The molecule has 516 valence electrons. The monoisotopic (exact) mass is 1570 g/mol. The summed E-state index contributed by atoms with van der Waals surface area (Å²) in [6.45, 7) is 14.0. The van der Waals surface area contributed by atoms with Crippen molar-refractivity contribution in [3.63, 3.8) is 0 Å². The van der Waals surface area contributed by atoms with Gasteiger partial charge < -0.3 is 22.5 Å². The van der Waals surface area contributed by atoms with Crippen molar-refractivity contribution >= 4 is 333 Å². The summed E-state index contributed by atoms with van der Waals surface area (Å²) in [5.41, 5.74) is 51.2. The molecule has 0 fully saturated rings. The summed E-state index contributed by atoms with van der Waals surface area (Å²) >= 11 is 23.2. The molecule has 32 radical (unpaired) electrons. The molecule has 0 aliphatic rings. The van der Waals surface area contributed by atoms with Crippen LogP contribution in [0, 0.1) is 33.1 Å². The largest absolute Gasteiger partial charge is 0.399 e. The van der Waals surface area contributed by atoms with Gasteiger partial charge in [0.15, 0.2) is 3.78 Å². The number of aryl methyl sites for hydroxylation is 4. The van der Waals surface area contributed by atoms with E-state index < -0.39 is 107 Å². The number of nitrogens with zero attached hydrogens (tertiary/aromatic N) is 9. The molecule has 5 aromatic rings. The summed E-state index contributed by atoms with van der Waals surface area (Å²) in [6.07, 6.45) is -8.15. The topological polar surface area (TPSA) is 286 Å². The molecule has 0 unspecified atom stereocenters. The zero-order valence-electron chi connectivity index (χ0n) is 61.6.